The number of esters is 2. The molecule has 348 valence electrons. The van der Waals surface area contributed by atoms with E-state index in [-0.39, 0.29) is 51.0 Å². The summed E-state index contributed by atoms with van der Waals surface area (Å²) in [6, 6.07) is 0. The van der Waals surface area contributed by atoms with Crippen molar-refractivity contribution in [1.82, 2.24) is 4.90 Å². The first-order valence-corrected chi connectivity index (χ1v) is 24.0. The smallest absolute Gasteiger partial charge is 0.466 e. The standard InChI is InChI=1S/C50H89NO9/c1-6-10-13-16-19-20-21-22-23-24-25-26-27-28-31-35-47(52)55-44-38-46(60-50(54)59-43-34-40-51(5)9-4)39-45-56-48(53)36-37-49(57-41-32-29-17-14-11-7-2)58-42-33-30-18-15-12-8-3/h11-12,14-15,19-20,22-23,46,49H,6-10,13,16-18,21,24-45H2,1-5H3/b14-11-,15-12-,20-19-,23-22-. The second-order valence-corrected chi connectivity index (χ2v) is 15.5. The Morgan fingerprint density at radius 3 is 1.58 bits per heavy atom. The van der Waals surface area contributed by atoms with E-state index in [4.69, 9.17) is 28.4 Å². The highest BCUT2D eigenvalue weighted by Gasteiger charge is 2.19. The highest BCUT2D eigenvalue weighted by atomic mass is 16.7. The van der Waals surface area contributed by atoms with E-state index in [1.165, 1.54) is 25.7 Å². The van der Waals surface area contributed by atoms with Gasteiger partial charge < -0.3 is 33.3 Å². The maximum atomic E-state index is 12.8. The van der Waals surface area contributed by atoms with Crippen molar-refractivity contribution in [1.29, 1.82) is 0 Å². The van der Waals surface area contributed by atoms with Gasteiger partial charge in [0.25, 0.3) is 0 Å². The van der Waals surface area contributed by atoms with Crippen molar-refractivity contribution in [3.05, 3.63) is 48.6 Å². The fourth-order valence-corrected chi connectivity index (χ4v) is 6.09. The van der Waals surface area contributed by atoms with Gasteiger partial charge in [-0.05, 0) is 110 Å². The van der Waals surface area contributed by atoms with Crippen LogP contribution in [0.15, 0.2) is 48.6 Å². The predicted molar refractivity (Wildman–Crippen MR) is 246 cm³/mol. The highest BCUT2D eigenvalue weighted by molar-refractivity contribution is 5.69. The van der Waals surface area contributed by atoms with E-state index >= 15 is 0 Å². The second-order valence-electron chi connectivity index (χ2n) is 15.5. The molecule has 10 nitrogen and oxygen atoms in total. The van der Waals surface area contributed by atoms with Gasteiger partial charge in [0.1, 0.15) is 6.10 Å². The van der Waals surface area contributed by atoms with Crippen molar-refractivity contribution >= 4 is 18.1 Å². The van der Waals surface area contributed by atoms with Gasteiger partial charge in [-0.3, -0.25) is 9.59 Å². The molecule has 0 radical (unpaired) electrons. The largest absolute Gasteiger partial charge is 0.508 e. The van der Waals surface area contributed by atoms with Crippen LogP contribution in [0.2, 0.25) is 0 Å². The number of carbonyl (C=O) groups is 3. The highest BCUT2D eigenvalue weighted by Crippen LogP contribution is 2.13. The molecule has 0 aromatic rings. The molecule has 0 spiro atoms. The SMILES string of the molecule is CC/C=C\CCCCOC(CCC(=O)OCCC(CCOC(=O)CCCCCCC/C=C\C/C=C\CCCCC)OC(=O)OCCCN(C)CC)OCCCC/C=C\CC. The van der Waals surface area contributed by atoms with Gasteiger partial charge in [0.2, 0.25) is 0 Å². The van der Waals surface area contributed by atoms with Gasteiger partial charge in [0, 0.05) is 45.4 Å². The van der Waals surface area contributed by atoms with Crippen LogP contribution >= 0.6 is 0 Å². The molecular formula is C50H89NO9. The van der Waals surface area contributed by atoms with Crippen molar-refractivity contribution in [2.24, 2.45) is 0 Å². The lowest BCUT2D eigenvalue weighted by Crippen LogP contribution is -2.25. The normalized spacial score (nSPS) is 12.5. The first-order chi connectivity index (χ1) is 29.4. The molecule has 1 atom stereocenters. The predicted octanol–water partition coefficient (Wildman–Crippen LogP) is 12.9. The number of hydrogen-bond donors (Lipinski definition) is 0. The summed E-state index contributed by atoms with van der Waals surface area (Å²) >= 11 is 0. The van der Waals surface area contributed by atoms with Crippen molar-refractivity contribution in [3.8, 4) is 0 Å². The van der Waals surface area contributed by atoms with Crippen LogP contribution in [-0.2, 0) is 38.0 Å². The minimum Gasteiger partial charge on any atom is -0.466 e. The molecule has 0 aromatic heterocycles. The van der Waals surface area contributed by atoms with Gasteiger partial charge >= 0.3 is 18.1 Å². The summed E-state index contributed by atoms with van der Waals surface area (Å²) in [7, 11) is 2.01. The van der Waals surface area contributed by atoms with Crippen LogP contribution in [0.25, 0.3) is 0 Å². The number of hydrogen-bond acceptors (Lipinski definition) is 10. The number of nitrogens with zero attached hydrogens (tertiary/aromatic N) is 1. The molecule has 0 aliphatic heterocycles. The Morgan fingerprint density at radius 2 is 1.02 bits per heavy atom. The maximum Gasteiger partial charge on any atom is 0.508 e. The molecule has 0 heterocycles. The zero-order valence-corrected chi connectivity index (χ0v) is 39.0. The molecule has 10 heteroatoms. The molecular weight excluding hydrogens is 759 g/mol. The molecule has 0 amide bonds. The maximum absolute atomic E-state index is 12.8. The van der Waals surface area contributed by atoms with Crippen LogP contribution in [0.3, 0.4) is 0 Å². The zero-order valence-electron chi connectivity index (χ0n) is 39.0. The third-order valence-corrected chi connectivity index (χ3v) is 9.97. The minimum absolute atomic E-state index is 0.0565. The molecule has 0 fully saturated rings. The number of unbranched alkanes of at least 4 members (excludes halogenated alkanes) is 12. The fraction of sp³-hybridized carbons (Fsp3) is 0.780. The Hall–Kier alpha value is -2.95. The van der Waals surface area contributed by atoms with E-state index in [0.717, 1.165) is 109 Å². The summed E-state index contributed by atoms with van der Waals surface area (Å²) in [5, 5.41) is 0. The van der Waals surface area contributed by atoms with E-state index in [1.54, 1.807) is 0 Å². The van der Waals surface area contributed by atoms with Crippen molar-refractivity contribution in [2.45, 2.75) is 201 Å². The first-order valence-electron chi connectivity index (χ1n) is 24.0. The lowest BCUT2D eigenvalue weighted by Gasteiger charge is -2.19. The Kier molecular flexibility index (Phi) is 43.3. The lowest BCUT2D eigenvalue weighted by atomic mass is 10.1. The van der Waals surface area contributed by atoms with Crippen LogP contribution in [0.5, 0.6) is 0 Å². The van der Waals surface area contributed by atoms with Gasteiger partial charge in [-0.25, -0.2) is 4.79 Å². The van der Waals surface area contributed by atoms with Crippen molar-refractivity contribution in [2.75, 3.05) is 53.2 Å². The monoisotopic (exact) mass is 848 g/mol. The van der Waals surface area contributed by atoms with E-state index in [0.29, 0.717) is 32.5 Å². The van der Waals surface area contributed by atoms with Gasteiger partial charge in [-0.2, -0.15) is 0 Å². The van der Waals surface area contributed by atoms with E-state index < -0.39 is 18.5 Å². The molecule has 0 saturated heterocycles. The molecule has 60 heavy (non-hydrogen) atoms. The Labute approximate surface area is 367 Å². The average Bonchev–Trinajstić information content (AvgIpc) is 3.24. The minimum atomic E-state index is -0.776. The van der Waals surface area contributed by atoms with E-state index in [2.05, 4.69) is 81.2 Å². The third kappa shape index (κ3) is 41.8. The summed E-state index contributed by atoms with van der Waals surface area (Å²) in [6.45, 7) is 11.8. The molecule has 0 aromatic carbocycles. The zero-order chi connectivity index (χ0) is 44.0. The summed E-state index contributed by atoms with van der Waals surface area (Å²) < 4.78 is 34.0. The van der Waals surface area contributed by atoms with Crippen LogP contribution in [0.4, 0.5) is 4.79 Å². The topological polar surface area (TPSA) is 110 Å². The van der Waals surface area contributed by atoms with E-state index in [9.17, 15) is 14.4 Å². The first kappa shape index (κ1) is 57.1. The lowest BCUT2D eigenvalue weighted by molar-refractivity contribution is -0.159. The van der Waals surface area contributed by atoms with Gasteiger partial charge in [0.05, 0.1) is 26.2 Å². The molecule has 0 aliphatic rings. The number of carbonyl (C=O) groups excluding carboxylic acids is 3. The van der Waals surface area contributed by atoms with Crippen LogP contribution in [0, 0.1) is 0 Å². The van der Waals surface area contributed by atoms with Gasteiger partial charge in [-0.1, -0.05) is 108 Å². The summed E-state index contributed by atoms with van der Waals surface area (Å²) in [5.74, 6) is -0.624. The molecule has 0 bridgehead atoms. The Balaban J connectivity index is 4.72. The summed E-state index contributed by atoms with van der Waals surface area (Å²) in [4.78, 5) is 39.9. The van der Waals surface area contributed by atoms with Gasteiger partial charge in [-0.15, -0.1) is 0 Å². The fourth-order valence-electron chi connectivity index (χ4n) is 6.09. The van der Waals surface area contributed by atoms with Crippen molar-refractivity contribution < 1.29 is 42.8 Å². The Morgan fingerprint density at radius 1 is 0.500 bits per heavy atom. The van der Waals surface area contributed by atoms with Crippen molar-refractivity contribution in [3.63, 3.8) is 0 Å². The average molecular weight is 848 g/mol. The van der Waals surface area contributed by atoms with Crippen LogP contribution in [0.1, 0.15) is 188 Å². The van der Waals surface area contributed by atoms with Gasteiger partial charge in [0.15, 0.2) is 6.29 Å². The third-order valence-electron chi connectivity index (χ3n) is 9.97. The Bertz CT molecular complexity index is 1080. The molecule has 0 rings (SSSR count). The number of allylic oxidation sites excluding steroid dienone is 8. The van der Waals surface area contributed by atoms with Crippen LogP contribution in [-0.4, -0.2) is 88.6 Å². The second kappa shape index (κ2) is 45.6. The summed E-state index contributed by atoms with van der Waals surface area (Å²) in [6.07, 6.45) is 38.5. The molecule has 0 N–H and O–H groups in total. The van der Waals surface area contributed by atoms with E-state index in [1.807, 2.05) is 7.05 Å². The molecule has 0 aliphatic carbocycles. The van der Waals surface area contributed by atoms with Crippen LogP contribution < -0.4 is 0 Å². The number of ether oxygens (including phenoxy) is 6. The quantitative estimate of drug-likeness (QED) is 0.0193. The number of rotatable bonds is 43. The summed E-state index contributed by atoms with van der Waals surface area (Å²) in [5.41, 5.74) is 0. The molecule has 1 unspecified atom stereocenters. The molecule has 0 saturated carbocycles.